The molecule has 0 spiro atoms. The standard InChI is InChI=1S/C12H20N2O2S/c1-4-5-8-17(15,16)14-12-7-6-11(13-3)9-10(12)2/h6-7,9,13-14H,4-5,8H2,1-3H3. The summed E-state index contributed by atoms with van der Waals surface area (Å²) in [7, 11) is -1.38. The van der Waals surface area contributed by atoms with Crippen molar-refractivity contribution < 1.29 is 8.42 Å². The predicted octanol–water partition coefficient (Wildman–Crippen LogP) is 2.58. The van der Waals surface area contributed by atoms with Crippen LogP contribution in [-0.2, 0) is 10.0 Å². The second-order valence-electron chi connectivity index (χ2n) is 4.05. The first-order valence-electron chi connectivity index (χ1n) is 5.77. The van der Waals surface area contributed by atoms with Crippen molar-refractivity contribution in [2.75, 3.05) is 22.8 Å². The molecule has 96 valence electrons. The van der Waals surface area contributed by atoms with Crippen LogP contribution in [0.4, 0.5) is 11.4 Å². The second-order valence-corrected chi connectivity index (χ2v) is 5.90. The van der Waals surface area contributed by atoms with Crippen molar-refractivity contribution in [2.24, 2.45) is 0 Å². The summed E-state index contributed by atoms with van der Waals surface area (Å²) in [6, 6.07) is 5.55. The smallest absolute Gasteiger partial charge is 0.232 e. The zero-order chi connectivity index (χ0) is 12.9. The summed E-state index contributed by atoms with van der Waals surface area (Å²) in [5.74, 6) is 0.177. The van der Waals surface area contributed by atoms with E-state index in [4.69, 9.17) is 0 Å². The molecular weight excluding hydrogens is 236 g/mol. The Bertz CT molecular complexity index is 469. The second kappa shape index (κ2) is 5.91. The predicted molar refractivity (Wildman–Crippen MR) is 73.0 cm³/mol. The maximum absolute atomic E-state index is 11.7. The lowest BCUT2D eigenvalue weighted by Gasteiger charge is -2.11. The minimum Gasteiger partial charge on any atom is -0.388 e. The highest BCUT2D eigenvalue weighted by atomic mass is 32.2. The van der Waals surface area contributed by atoms with E-state index >= 15 is 0 Å². The molecule has 0 saturated carbocycles. The Morgan fingerprint density at radius 3 is 2.53 bits per heavy atom. The van der Waals surface area contributed by atoms with Crippen LogP contribution in [0.15, 0.2) is 18.2 Å². The fraction of sp³-hybridized carbons (Fsp3) is 0.500. The molecular formula is C12H20N2O2S. The van der Waals surface area contributed by atoms with Crippen LogP contribution >= 0.6 is 0 Å². The molecule has 1 aromatic rings. The Hall–Kier alpha value is -1.23. The normalized spacial score (nSPS) is 11.2. The Morgan fingerprint density at radius 2 is 2.00 bits per heavy atom. The van der Waals surface area contributed by atoms with Gasteiger partial charge in [0.25, 0.3) is 0 Å². The molecule has 0 aliphatic rings. The van der Waals surface area contributed by atoms with E-state index in [1.54, 1.807) is 6.07 Å². The van der Waals surface area contributed by atoms with Gasteiger partial charge in [0.1, 0.15) is 0 Å². The average molecular weight is 256 g/mol. The quantitative estimate of drug-likeness (QED) is 0.822. The third-order valence-corrected chi connectivity index (χ3v) is 3.90. The molecule has 17 heavy (non-hydrogen) atoms. The van der Waals surface area contributed by atoms with Gasteiger partial charge in [-0.25, -0.2) is 8.42 Å². The molecule has 0 heterocycles. The van der Waals surface area contributed by atoms with Crippen molar-refractivity contribution in [1.82, 2.24) is 0 Å². The van der Waals surface area contributed by atoms with Crippen LogP contribution in [0.25, 0.3) is 0 Å². The molecule has 0 unspecified atom stereocenters. The number of hydrogen-bond donors (Lipinski definition) is 2. The molecule has 0 fully saturated rings. The third-order valence-electron chi connectivity index (χ3n) is 2.55. The van der Waals surface area contributed by atoms with Crippen LogP contribution in [0.1, 0.15) is 25.3 Å². The molecule has 1 aromatic carbocycles. The topological polar surface area (TPSA) is 58.2 Å². The zero-order valence-electron chi connectivity index (χ0n) is 10.6. The molecule has 0 saturated heterocycles. The Labute approximate surface area is 103 Å². The third kappa shape index (κ3) is 4.26. The summed E-state index contributed by atoms with van der Waals surface area (Å²) in [6.45, 7) is 3.86. The molecule has 0 bridgehead atoms. The van der Waals surface area contributed by atoms with Crippen molar-refractivity contribution in [3.05, 3.63) is 23.8 Å². The van der Waals surface area contributed by atoms with E-state index in [9.17, 15) is 8.42 Å². The fourth-order valence-electron chi connectivity index (χ4n) is 1.49. The first kappa shape index (κ1) is 13.8. The summed E-state index contributed by atoms with van der Waals surface area (Å²) in [5, 5.41) is 3.01. The molecule has 0 amide bonds. The van der Waals surface area contributed by atoms with E-state index < -0.39 is 10.0 Å². The van der Waals surface area contributed by atoms with Crippen molar-refractivity contribution in [1.29, 1.82) is 0 Å². The van der Waals surface area contributed by atoms with Gasteiger partial charge in [0.05, 0.1) is 11.4 Å². The highest BCUT2D eigenvalue weighted by Crippen LogP contribution is 2.20. The lowest BCUT2D eigenvalue weighted by molar-refractivity contribution is 0.598. The SMILES string of the molecule is CCCCS(=O)(=O)Nc1ccc(NC)cc1C. The lowest BCUT2D eigenvalue weighted by atomic mass is 10.2. The highest BCUT2D eigenvalue weighted by molar-refractivity contribution is 7.92. The maximum atomic E-state index is 11.7. The van der Waals surface area contributed by atoms with Crippen LogP contribution in [-0.4, -0.2) is 21.2 Å². The van der Waals surface area contributed by atoms with Crippen molar-refractivity contribution in [3.8, 4) is 0 Å². The van der Waals surface area contributed by atoms with Crippen molar-refractivity contribution >= 4 is 21.4 Å². The van der Waals surface area contributed by atoms with Gasteiger partial charge in [-0.15, -0.1) is 0 Å². The zero-order valence-corrected chi connectivity index (χ0v) is 11.4. The van der Waals surface area contributed by atoms with Gasteiger partial charge in [0, 0.05) is 12.7 Å². The minimum atomic E-state index is -3.21. The largest absolute Gasteiger partial charge is 0.388 e. The van der Waals surface area contributed by atoms with Crippen molar-refractivity contribution in [3.63, 3.8) is 0 Å². The number of benzene rings is 1. The van der Waals surface area contributed by atoms with E-state index in [2.05, 4.69) is 10.0 Å². The van der Waals surface area contributed by atoms with E-state index in [1.807, 2.05) is 33.0 Å². The van der Waals surface area contributed by atoms with Crippen LogP contribution in [0.3, 0.4) is 0 Å². The van der Waals surface area contributed by atoms with E-state index in [1.165, 1.54) is 0 Å². The van der Waals surface area contributed by atoms with Gasteiger partial charge in [-0.3, -0.25) is 4.72 Å². The average Bonchev–Trinajstić information content (AvgIpc) is 2.29. The van der Waals surface area contributed by atoms with Gasteiger partial charge in [-0.1, -0.05) is 13.3 Å². The summed E-state index contributed by atoms with van der Waals surface area (Å²) in [4.78, 5) is 0. The summed E-state index contributed by atoms with van der Waals surface area (Å²) < 4.78 is 26.1. The van der Waals surface area contributed by atoms with E-state index in [-0.39, 0.29) is 5.75 Å². The van der Waals surface area contributed by atoms with Crippen LogP contribution in [0.5, 0.6) is 0 Å². The minimum absolute atomic E-state index is 0.177. The molecule has 0 aromatic heterocycles. The number of hydrogen-bond acceptors (Lipinski definition) is 3. The van der Waals surface area contributed by atoms with Gasteiger partial charge in [0.2, 0.25) is 10.0 Å². The number of unbranched alkanes of at least 4 members (excludes halogenated alkanes) is 1. The van der Waals surface area contributed by atoms with Gasteiger partial charge >= 0.3 is 0 Å². The molecule has 0 atom stereocenters. The van der Waals surface area contributed by atoms with Crippen LogP contribution < -0.4 is 10.0 Å². The fourth-order valence-corrected chi connectivity index (χ4v) is 2.82. The van der Waals surface area contributed by atoms with E-state index in [0.29, 0.717) is 12.1 Å². The highest BCUT2D eigenvalue weighted by Gasteiger charge is 2.10. The van der Waals surface area contributed by atoms with Gasteiger partial charge in [-0.05, 0) is 37.1 Å². The molecule has 0 radical (unpaired) electrons. The van der Waals surface area contributed by atoms with Gasteiger partial charge in [-0.2, -0.15) is 0 Å². The monoisotopic (exact) mass is 256 g/mol. The first-order valence-corrected chi connectivity index (χ1v) is 7.42. The summed E-state index contributed by atoms with van der Waals surface area (Å²) in [5.41, 5.74) is 2.54. The lowest BCUT2D eigenvalue weighted by Crippen LogP contribution is -2.17. The maximum Gasteiger partial charge on any atom is 0.232 e. The molecule has 0 aliphatic heterocycles. The number of nitrogens with one attached hydrogen (secondary N) is 2. The summed E-state index contributed by atoms with van der Waals surface area (Å²) >= 11 is 0. The Morgan fingerprint density at radius 1 is 1.29 bits per heavy atom. The number of rotatable bonds is 6. The number of anilines is 2. The van der Waals surface area contributed by atoms with Crippen LogP contribution in [0, 0.1) is 6.92 Å². The molecule has 2 N–H and O–H groups in total. The summed E-state index contributed by atoms with van der Waals surface area (Å²) in [6.07, 6.45) is 1.56. The van der Waals surface area contributed by atoms with Gasteiger partial charge in [0.15, 0.2) is 0 Å². The molecule has 0 aliphatic carbocycles. The molecule has 5 heteroatoms. The number of sulfonamides is 1. The number of aryl methyl sites for hydroxylation is 1. The van der Waals surface area contributed by atoms with Crippen LogP contribution in [0.2, 0.25) is 0 Å². The molecule has 1 rings (SSSR count). The van der Waals surface area contributed by atoms with Crippen molar-refractivity contribution in [2.45, 2.75) is 26.7 Å². The van der Waals surface area contributed by atoms with E-state index in [0.717, 1.165) is 17.7 Å². The Kier molecular flexibility index (Phi) is 4.81. The van der Waals surface area contributed by atoms with Gasteiger partial charge < -0.3 is 5.32 Å². The first-order chi connectivity index (χ1) is 7.98. The Balaban J connectivity index is 2.81. The molecule has 4 nitrogen and oxygen atoms in total.